The molecule has 2 saturated carbocycles. The topological polar surface area (TPSA) is 143 Å². The molecule has 14 heteroatoms. The van der Waals surface area contributed by atoms with Crippen molar-refractivity contribution >= 4 is 46.8 Å². The summed E-state index contributed by atoms with van der Waals surface area (Å²) < 4.78 is 21.9. The number of ether oxygens (including phenoxy) is 1. The number of halogens is 2. The Bertz CT molecular complexity index is 2590. The molecule has 7 aliphatic rings. The van der Waals surface area contributed by atoms with Crippen LogP contribution < -0.4 is 15.0 Å². The lowest BCUT2D eigenvalue weighted by Gasteiger charge is -2.65. The molecule has 1 atom stereocenters. The average molecular weight is 843 g/mol. The quantitative estimate of drug-likeness (QED) is 0.250. The van der Waals surface area contributed by atoms with E-state index in [0.717, 1.165) is 48.0 Å². The predicted molar refractivity (Wildman–Crippen MR) is 221 cm³/mol. The summed E-state index contributed by atoms with van der Waals surface area (Å²) in [5.41, 5.74) is 2.65. The van der Waals surface area contributed by atoms with Crippen LogP contribution >= 0.6 is 11.6 Å². The van der Waals surface area contributed by atoms with Crippen LogP contribution in [0.4, 0.5) is 10.1 Å². The third kappa shape index (κ3) is 6.06. The number of fused-ring (bicyclic) bond motifs is 2. The highest BCUT2D eigenvalue weighted by atomic mass is 35.5. The molecule has 312 valence electrons. The molecule has 2 aliphatic carbocycles. The fourth-order valence-electron chi connectivity index (χ4n) is 11.8. The minimum atomic E-state index is -1.10. The average Bonchev–Trinajstić information content (AvgIpc) is 3.59. The number of carbonyl (C=O) groups is 5. The maximum absolute atomic E-state index is 15.4. The van der Waals surface area contributed by atoms with Gasteiger partial charge in [0.2, 0.25) is 11.8 Å². The Morgan fingerprint density at radius 1 is 0.885 bits per heavy atom. The molecule has 3 aromatic carbocycles. The van der Waals surface area contributed by atoms with Gasteiger partial charge in [-0.1, -0.05) is 51.1 Å². The van der Waals surface area contributed by atoms with Gasteiger partial charge in [0.25, 0.3) is 17.7 Å². The van der Waals surface area contributed by atoms with Gasteiger partial charge in [0.05, 0.1) is 27.4 Å². The Morgan fingerprint density at radius 2 is 1.59 bits per heavy atom. The van der Waals surface area contributed by atoms with Gasteiger partial charge in [-0.2, -0.15) is 5.26 Å². The molecule has 5 aliphatic heterocycles. The lowest BCUT2D eigenvalue weighted by Crippen LogP contribution is -2.74. The number of likely N-dealkylation sites (tertiary alicyclic amines) is 1. The first-order valence-corrected chi connectivity index (χ1v) is 21.2. The SMILES string of the molecule is CC1(C)C(Oc2ccc(C#N)c(Cl)c2)C(C)(C)C1N1Cc2cc(C#CC3CN(C4CC5(C4)CN(c4cc6c(cc4F)C(=O)N(C4CCC(=O)NC4=O)C6=O)C5)C3)ccc2C1=O. The Morgan fingerprint density at radius 3 is 2.26 bits per heavy atom. The second-order valence-electron chi connectivity index (χ2n) is 19.2. The number of nitrogens with zero attached hydrogens (tertiary/aromatic N) is 5. The van der Waals surface area contributed by atoms with Gasteiger partial charge in [-0.3, -0.25) is 39.1 Å². The number of nitrogens with one attached hydrogen (secondary N) is 1. The van der Waals surface area contributed by atoms with Crippen LogP contribution in [-0.2, 0) is 16.1 Å². The Balaban J connectivity index is 0.716. The smallest absolute Gasteiger partial charge is 0.262 e. The maximum Gasteiger partial charge on any atom is 0.262 e. The van der Waals surface area contributed by atoms with Crippen LogP contribution in [0.2, 0.25) is 5.02 Å². The van der Waals surface area contributed by atoms with Crippen LogP contribution in [0.15, 0.2) is 48.5 Å². The van der Waals surface area contributed by atoms with Crippen LogP contribution in [0.3, 0.4) is 0 Å². The van der Waals surface area contributed by atoms with E-state index in [4.69, 9.17) is 16.3 Å². The van der Waals surface area contributed by atoms with Gasteiger partial charge in [-0.15, -0.1) is 0 Å². The first-order valence-electron chi connectivity index (χ1n) is 20.8. The maximum atomic E-state index is 15.4. The molecule has 5 amide bonds. The Labute approximate surface area is 357 Å². The molecule has 5 fully saturated rings. The number of anilines is 1. The zero-order valence-electron chi connectivity index (χ0n) is 34.3. The van der Waals surface area contributed by atoms with Gasteiger partial charge in [0.15, 0.2) is 0 Å². The number of rotatable bonds is 6. The number of hydrogen-bond donors (Lipinski definition) is 1. The second kappa shape index (κ2) is 13.6. The van der Waals surface area contributed by atoms with Crippen molar-refractivity contribution in [3.8, 4) is 23.7 Å². The zero-order valence-corrected chi connectivity index (χ0v) is 35.1. The van der Waals surface area contributed by atoms with E-state index in [1.165, 1.54) is 6.07 Å². The lowest BCUT2D eigenvalue weighted by atomic mass is 9.49. The van der Waals surface area contributed by atoms with Crippen LogP contribution in [-0.4, -0.2) is 94.6 Å². The lowest BCUT2D eigenvalue weighted by molar-refractivity contribution is -0.199. The molecular weight excluding hydrogens is 799 g/mol. The van der Waals surface area contributed by atoms with E-state index in [9.17, 15) is 29.2 Å². The van der Waals surface area contributed by atoms with Gasteiger partial charge in [-0.05, 0) is 67.3 Å². The highest BCUT2D eigenvalue weighted by Crippen LogP contribution is 2.59. The molecule has 3 saturated heterocycles. The molecule has 0 bridgehead atoms. The van der Waals surface area contributed by atoms with Gasteiger partial charge in [0.1, 0.15) is 29.8 Å². The van der Waals surface area contributed by atoms with Gasteiger partial charge >= 0.3 is 0 Å². The van der Waals surface area contributed by atoms with E-state index in [1.54, 1.807) is 18.2 Å². The summed E-state index contributed by atoms with van der Waals surface area (Å²) in [6, 6.07) is 14.9. The molecule has 1 unspecified atom stereocenters. The summed E-state index contributed by atoms with van der Waals surface area (Å²) in [5.74, 6) is 4.61. The summed E-state index contributed by atoms with van der Waals surface area (Å²) in [4.78, 5) is 71.5. The number of hydrogen-bond acceptors (Lipinski definition) is 9. The van der Waals surface area contributed by atoms with Crippen molar-refractivity contribution in [1.29, 1.82) is 5.26 Å². The predicted octanol–water partition coefficient (Wildman–Crippen LogP) is 5.54. The zero-order chi connectivity index (χ0) is 42.9. The summed E-state index contributed by atoms with van der Waals surface area (Å²) >= 11 is 6.29. The van der Waals surface area contributed by atoms with Crippen molar-refractivity contribution in [3.63, 3.8) is 0 Å². The van der Waals surface area contributed by atoms with E-state index < -0.39 is 35.5 Å². The Kier molecular flexibility index (Phi) is 8.79. The highest BCUT2D eigenvalue weighted by Gasteiger charge is 2.67. The molecule has 1 spiro atoms. The van der Waals surface area contributed by atoms with E-state index in [1.807, 2.05) is 28.0 Å². The number of carbonyl (C=O) groups excluding carboxylic acids is 5. The van der Waals surface area contributed by atoms with Crippen molar-refractivity contribution in [2.75, 3.05) is 31.1 Å². The number of nitriles is 1. The number of piperidine rings is 1. The summed E-state index contributed by atoms with van der Waals surface area (Å²) in [6.45, 7) is 12.1. The first kappa shape index (κ1) is 39.4. The standard InChI is InChI=1S/C47H44ClFN6O6/c1-45(2)43(46(3,4)44(45)61-30-9-8-27(19-50)34(48)14-30)54-22-28-13-25(7-10-31(28)40(54)58)5-6-26-20-52(21-26)29-17-47(18-29)23-53(24-47)37-16-33-32(15-35(37)49)41(59)55(42(33)60)36-11-12-38(56)51-39(36)57/h7-10,13-16,26,29,36,43-44H,11-12,17-18,20-24H2,1-4H3,(H,51,56,57). The molecular formula is C47H44ClFN6O6. The summed E-state index contributed by atoms with van der Waals surface area (Å²) in [6.07, 6.45) is 1.87. The van der Waals surface area contributed by atoms with Crippen LogP contribution in [0.25, 0.3) is 0 Å². The van der Waals surface area contributed by atoms with Crippen LogP contribution in [0, 0.1) is 51.2 Å². The van der Waals surface area contributed by atoms with Crippen LogP contribution in [0.5, 0.6) is 5.75 Å². The molecule has 1 N–H and O–H groups in total. The van der Waals surface area contributed by atoms with Crippen molar-refractivity contribution in [1.82, 2.24) is 20.0 Å². The fraction of sp³-hybridized carbons (Fsp3) is 0.447. The second-order valence-corrected chi connectivity index (χ2v) is 19.6. The molecule has 61 heavy (non-hydrogen) atoms. The molecule has 5 heterocycles. The Hall–Kier alpha value is -5.76. The third-order valence-corrected chi connectivity index (χ3v) is 14.7. The van der Waals surface area contributed by atoms with E-state index in [-0.39, 0.29) is 69.9 Å². The number of amides is 5. The molecule has 12 nitrogen and oxygen atoms in total. The fourth-order valence-corrected chi connectivity index (χ4v) is 12.1. The minimum Gasteiger partial charge on any atom is -0.489 e. The van der Waals surface area contributed by atoms with Gasteiger partial charge in [0, 0.05) is 90.6 Å². The molecule has 0 aromatic heterocycles. The van der Waals surface area contributed by atoms with E-state index >= 15 is 4.39 Å². The number of benzene rings is 3. The highest BCUT2D eigenvalue weighted by molar-refractivity contribution is 6.31. The largest absolute Gasteiger partial charge is 0.489 e. The van der Waals surface area contributed by atoms with Crippen LogP contribution in [0.1, 0.15) is 101 Å². The van der Waals surface area contributed by atoms with Crippen molar-refractivity contribution in [2.24, 2.45) is 22.2 Å². The van der Waals surface area contributed by atoms with Crippen molar-refractivity contribution in [2.45, 2.75) is 84.2 Å². The molecule has 3 aromatic rings. The van der Waals surface area contributed by atoms with E-state index in [0.29, 0.717) is 47.6 Å². The first-order chi connectivity index (χ1) is 29.0. The molecule has 0 radical (unpaired) electrons. The molecule has 10 rings (SSSR count). The van der Waals surface area contributed by atoms with Gasteiger partial charge in [-0.25, -0.2) is 4.39 Å². The van der Waals surface area contributed by atoms with Crippen molar-refractivity contribution in [3.05, 3.63) is 92.8 Å². The normalized spacial score (nSPS) is 26.0. The van der Waals surface area contributed by atoms with E-state index in [2.05, 4.69) is 55.8 Å². The third-order valence-electron chi connectivity index (χ3n) is 14.4. The minimum absolute atomic E-state index is 0.0172. The summed E-state index contributed by atoms with van der Waals surface area (Å²) in [7, 11) is 0. The monoisotopic (exact) mass is 842 g/mol. The van der Waals surface area contributed by atoms with Crippen molar-refractivity contribution < 1.29 is 33.1 Å². The van der Waals surface area contributed by atoms with Gasteiger partial charge < -0.3 is 14.5 Å². The summed E-state index contributed by atoms with van der Waals surface area (Å²) in [5, 5.41) is 11.8. The number of imide groups is 2.